The molecule has 8 aromatic rings. The SMILES string of the molecule is COc1cc(-c2ccccc2)ccc1[Si](c1ccc(-c2ccccc2)cc1OC)(c1ccc(-c2ccccc2)cc1OC)c1ccc(-c2ccccc2)cc1OC. The van der Waals surface area contributed by atoms with Crippen LogP contribution in [0.4, 0.5) is 0 Å². The van der Waals surface area contributed by atoms with Crippen LogP contribution < -0.4 is 39.7 Å². The molecular formula is C52H44O4Si. The summed E-state index contributed by atoms with van der Waals surface area (Å²) in [6.45, 7) is 0. The van der Waals surface area contributed by atoms with Crippen LogP contribution in [0.5, 0.6) is 23.0 Å². The summed E-state index contributed by atoms with van der Waals surface area (Å²) >= 11 is 0. The van der Waals surface area contributed by atoms with Crippen molar-refractivity contribution in [3.05, 3.63) is 194 Å². The summed E-state index contributed by atoms with van der Waals surface area (Å²) in [6.07, 6.45) is 0. The highest BCUT2D eigenvalue weighted by Gasteiger charge is 2.49. The molecule has 0 saturated carbocycles. The Hall–Kier alpha value is -6.82. The lowest BCUT2D eigenvalue weighted by molar-refractivity contribution is 0.415. The van der Waals surface area contributed by atoms with Crippen molar-refractivity contribution in [2.24, 2.45) is 0 Å². The van der Waals surface area contributed by atoms with Gasteiger partial charge in [-0.2, -0.15) is 0 Å². The number of methoxy groups -OCH3 is 4. The average Bonchev–Trinajstić information content (AvgIpc) is 3.30. The van der Waals surface area contributed by atoms with Gasteiger partial charge in [-0.05, 0) is 89.5 Å². The third-order valence-corrected chi connectivity index (χ3v) is 15.7. The maximum absolute atomic E-state index is 6.49. The molecule has 0 spiro atoms. The van der Waals surface area contributed by atoms with Gasteiger partial charge in [0.15, 0.2) is 8.07 Å². The zero-order valence-electron chi connectivity index (χ0n) is 32.6. The summed E-state index contributed by atoms with van der Waals surface area (Å²) in [4.78, 5) is 0. The van der Waals surface area contributed by atoms with E-state index in [0.717, 1.165) is 88.3 Å². The minimum absolute atomic E-state index is 0.764. The van der Waals surface area contributed by atoms with Gasteiger partial charge >= 0.3 is 0 Å². The van der Waals surface area contributed by atoms with E-state index in [4.69, 9.17) is 18.9 Å². The summed E-state index contributed by atoms with van der Waals surface area (Å²) in [7, 11) is 3.47. The molecule has 8 aromatic carbocycles. The molecule has 0 fully saturated rings. The van der Waals surface area contributed by atoms with Crippen molar-refractivity contribution in [2.75, 3.05) is 28.4 Å². The minimum Gasteiger partial charge on any atom is -0.497 e. The van der Waals surface area contributed by atoms with E-state index >= 15 is 0 Å². The van der Waals surface area contributed by atoms with Crippen LogP contribution in [0.3, 0.4) is 0 Å². The molecule has 0 aliphatic heterocycles. The van der Waals surface area contributed by atoms with Gasteiger partial charge in [0.1, 0.15) is 23.0 Å². The number of hydrogen-bond donors (Lipinski definition) is 0. The first-order chi connectivity index (χ1) is 28.1. The molecule has 280 valence electrons. The Labute approximate surface area is 336 Å². The largest absolute Gasteiger partial charge is 0.497 e. The van der Waals surface area contributed by atoms with Crippen LogP contribution in [0.2, 0.25) is 0 Å². The topological polar surface area (TPSA) is 36.9 Å². The Balaban J connectivity index is 1.52. The number of hydrogen-bond acceptors (Lipinski definition) is 4. The number of benzene rings is 8. The molecule has 57 heavy (non-hydrogen) atoms. The maximum Gasteiger partial charge on any atom is 0.196 e. The number of ether oxygens (including phenoxy) is 4. The highest BCUT2D eigenvalue weighted by atomic mass is 28.3. The monoisotopic (exact) mass is 760 g/mol. The van der Waals surface area contributed by atoms with E-state index in [1.54, 1.807) is 28.4 Å². The van der Waals surface area contributed by atoms with E-state index in [1.807, 2.05) is 24.3 Å². The Bertz CT molecular complexity index is 2240. The van der Waals surface area contributed by atoms with E-state index in [1.165, 1.54) is 0 Å². The van der Waals surface area contributed by atoms with Crippen LogP contribution in [0.1, 0.15) is 0 Å². The van der Waals surface area contributed by atoms with E-state index in [9.17, 15) is 0 Å². The molecule has 0 amide bonds. The fraction of sp³-hybridized carbons (Fsp3) is 0.0769. The molecule has 0 aliphatic carbocycles. The zero-order valence-corrected chi connectivity index (χ0v) is 33.6. The predicted octanol–water partition coefficient (Wildman–Crippen LogP) is 9.77. The molecule has 5 heteroatoms. The van der Waals surface area contributed by atoms with Gasteiger partial charge in [0, 0.05) is 0 Å². The lowest BCUT2D eigenvalue weighted by Crippen LogP contribution is -2.75. The quantitative estimate of drug-likeness (QED) is 0.0919. The summed E-state index contributed by atoms with van der Waals surface area (Å²) in [5, 5.41) is 4.14. The van der Waals surface area contributed by atoms with Gasteiger partial charge < -0.3 is 18.9 Å². The summed E-state index contributed by atoms with van der Waals surface area (Å²) in [5.74, 6) is 3.06. The first-order valence-corrected chi connectivity index (χ1v) is 21.0. The van der Waals surface area contributed by atoms with Crippen molar-refractivity contribution in [3.63, 3.8) is 0 Å². The molecule has 0 atom stereocenters. The molecule has 0 radical (unpaired) electrons. The number of rotatable bonds is 12. The van der Waals surface area contributed by atoms with E-state index in [0.29, 0.717) is 0 Å². The highest BCUT2D eigenvalue weighted by molar-refractivity contribution is 7.21. The third kappa shape index (κ3) is 6.99. The predicted molar refractivity (Wildman–Crippen MR) is 238 cm³/mol. The van der Waals surface area contributed by atoms with Crippen LogP contribution in [-0.2, 0) is 0 Å². The zero-order chi connectivity index (χ0) is 39.2. The van der Waals surface area contributed by atoms with Crippen molar-refractivity contribution >= 4 is 28.8 Å². The highest BCUT2D eigenvalue weighted by Crippen LogP contribution is 2.34. The van der Waals surface area contributed by atoms with Gasteiger partial charge in [-0.1, -0.05) is 170 Å². The Morgan fingerprint density at radius 1 is 0.246 bits per heavy atom. The summed E-state index contributed by atoms with van der Waals surface area (Å²) in [6, 6.07) is 68.1. The van der Waals surface area contributed by atoms with E-state index < -0.39 is 8.07 Å². The van der Waals surface area contributed by atoms with Gasteiger partial charge in [-0.15, -0.1) is 0 Å². The summed E-state index contributed by atoms with van der Waals surface area (Å²) in [5.41, 5.74) is 8.66. The molecule has 0 heterocycles. The normalized spacial score (nSPS) is 11.2. The van der Waals surface area contributed by atoms with Crippen molar-refractivity contribution in [2.45, 2.75) is 0 Å². The Morgan fingerprint density at radius 3 is 0.649 bits per heavy atom. The molecule has 4 nitrogen and oxygen atoms in total. The second-order valence-corrected chi connectivity index (χ2v) is 17.5. The van der Waals surface area contributed by atoms with Crippen molar-refractivity contribution in [1.82, 2.24) is 0 Å². The Morgan fingerprint density at radius 2 is 0.456 bits per heavy atom. The smallest absolute Gasteiger partial charge is 0.196 e. The third-order valence-electron chi connectivity index (χ3n) is 10.9. The fourth-order valence-electron chi connectivity index (χ4n) is 8.12. The van der Waals surface area contributed by atoms with Gasteiger partial charge in [0.2, 0.25) is 0 Å². The molecule has 0 saturated heterocycles. The van der Waals surface area contributed by atoms with Crippen LogP contribution in [0.25, 0.3) is 44.5 Å². The van der Waals surface area contributed by atoms with Crippen molar-refractivity contribution < 1.29 is 18.9 Å². The first-order valence-electron chi connectivity index (χ1n) is 19.0. The molecule has 0 aliphatic rings. The van der Waals surface area contributed by atoms with Crippen LogP contribution in [0.15, 0.2) is 194 Å². The fourth-order valence-corrected chi connectivity index (χ4v) is 13.4. The maximum atomic E-state index is 6.49. The van der Waals surface area contributed by atoms with Crippen LogP contribution in [-0.4, -0.2) is 36.5 Å². The van der Waals surface area contributed by atoms with Crippen molar-refractivity contribution in [1.29, 1.82) is 0 Å². The molecule has 0 bridgehead atoms. The molecule has 8 rings (SSSR count). The van der Waals surface area contributed by atoms with Crippen LogP contribution in [0, 0.1) is 0 Å². The van der Waals surface area contributed by atoms with Crippen LogP contribution >= 0.6 is 0 Å². The molecule has 0 aromatic heterocycles. The van der Waals surface area contributed by atoms with Gasteiger partial charge in [0.25, 0.3) is 0 Å². The van der Waals surface area contributed by atoms with Crippen molar-refractivity contribution in [3.8, 4) is 67.5 Å². The molecule has 0 unspecified atom stereocenters. The standard InChI is InChI=1S/C52H44O4Si/c1-53-45-33-41(37-17-9-5-10-18-37)25-29-49(45)57(50-30-26-42(34-46(50)54-2)38-19-11-6-12-20-38,51-31-27-43(35-47(51)55-3)39-21-13-7-14-22-39)52-32-28-44(36-48(52)56-4)40-23-15-8-16-24-40/h5-36H,1-4H3. The van der Waals surface area contributed by atoms with Gasteiger partial charge in [-0.25, -0.2) is 0 Å². The second-order valence-electron chi connectivity index (χ2n) is 13.9. The summed E-state index contributed by atoms with van der Waals surface area (Å²) < 4.78 is 26.0. The minimum atomic E-state index is -3.56. The second kappa shape index (κ2) is 16.5. The lowest BCUT2D eigenvalue weighted by Gasteiger charge is -2.38. The Kier molecular flexibility index (Phi) is 10.7. The van der Waals surface area contributed by atoms with Gasteiger partial charge in [-0.3, -0.25) is 0 Å². The van der Waals surface area contributed by atoms with E-state index in [2.05, 4.69) is 170 Å². The van der Waals surface area contributed by atoms with E-state index in [-0.39, 0.29) is 0 Å². The first kappa shape index (κ1) is 37.1. The van der Waals surface area contributed by atoms with Gasteiger partial charge in [0.05, 0.1) is 28.4 Å². The lowest BCUT2D eigenvalue weighted by atomic mass is 10.1. The molecule has 0 N–H and O–H groups in total. The average molecular weight is 761 g/mol. The molecular weight excluding hydrogens is 717 g/mol.